The Labute approximate surface area is 261 Å². The first kappa shape index (κ1) is 31.6. The number of halogens is 3. The Balaban J connectivity index is 1.05. The topological polar surface area (TPSA) is 122 Å². The molecular weight excluding hydrogens is 607 g/mol. The highest BCUT2D eigenvalue weighted by atomic mass is 32.1. The molecule has 0 aliphatic carbocycles. The summed E-state index contributed by atoms with van der Waals surface area (Å²) in [5.74, 6) is -0.135. The number of phenols is 1. The maximum atomic E-state index is 12.9. The molecule has 1 aromatic heterocycles. The molecule has 2 heterocycles. The number of urea groups is 1. The van der Waals surface area contributed by atoms with E-state index in [9.17, 15) is 27.9 Å². The number of aromatic hydroxyl groups is 1. The van der Waals surface area contributed by atoms with E-state index in [0.29, 0.717) is 17.8 Å². The standard InChI is InChI=1S/C31H30F3N7O3S/c32-31(33,34)23-5-3-6-25(16-23)38-30(44)37-24-10-8-21(9-11-24)29-36-26(20-45-29)18-40-12-14-41(15-13-40)19-28(43)39-35-17-22-4-1-2-7-27(22)42/h1-11,16-17,20,42H,12-15,18-19H2,(H,39,43)(H2,37,38,44)/b35-17+. The van der Waals surface area contributed by atoms with Crippen LogP contribution in [0.5, 0.6) is 5.75 Å². The van der Waals surface area contributed by atoms with E-state index in [1.54, 1.807) is 36.4 Å². The van der Waals surface area contributed by atoms with Crippen LogP contribution in [0.3, 0.4) is 0 Å². The van der Waals surface area contributed by atoms with Gasteiger partial charge in [0.25, 0.3) is 5.91 Å². The monoisotopic (exact) mass is 637 g/mol. The number of anilines is 2. The third-order valence-electron chi connectivity index (χ3n) is 6.94. The van der Waals surface area contributed by atoms with Gasteiger partial charge in [-0.25, -0.2) is 15.2 Å². The normalized spacial score (nSPS) is 14.4. The fourth-order valence-corrected chi connectivity index (χ4v) is 5.44. The fourth-order valence-electron chi connectivity index (χ4n) is 4.62. The lowest BCUT2D eigenvalue weighted by Crippen LogP contribution is -2.48. The Morgan fingerprint density at radius 2 is 1.64 bits per heavy atom. The van der Waals surface area contributed by atoms with Gasteiger partial charge >= 0.3 is 12.2 Å². The molecule has 0 bridgehead atoms. The third kappa shape index (κ3) is 9.11. The Morgan fingerprint density at radius 1 is 0.933 bits per heavy atom. The van der Waals surface area contributed by atoms with Crippen LogP contribution in [0.4, 0.5) is 29.3 Å². The van der Waals surface area contributed by atoms with Gasteiger partial charge < -0.3 is 15.7 Å². The average molecular weight is 638 g/mol. The van der Waals surface area contributed by atoms with Gasteiger partial charge in [-0.3, -0.25) is 14.6 Å². The lowest BCUT2D eigenvalue weighted by Gasteiger charge is -2.33. The molecule has 0 unspecified atom stereocenters. The molecule has 1 saturated heterocycles. The Morgan fingerprint density at radius 3 is 2.38 bits per heavy atom. The molecule has 4 N–H and O–H groups in total. The molecule has 1 fully saturated rings. The highest BCUT2D eigenvalue weighted by molar-refractivity contribution is 7.13. The van der Waals surface area contributed by atoms with Crippen molar-refractivity contribution in [2.75, 3.05) is 43.4 Å². The van der Waals surface area contributed by atoms with Crippen molar-refractivity contribution in [3.8, 4) is 16.3 Å². The molecule has 234 valence electrons. The van der Waals surface area contributed by atoms with Crippen molar-refractivity contribution in [1.29, 1.82) is 0 Å². The average Bonchev–Trinajstić information content (AvgIpc) is 3.47. The van der Waals surface area contributed by atoms with Crippen LogP contribution in [-0.4, -0.2) is 70.8 Å². The number of aromatic nitrogens is 1. The number of amides is 3. The number of rotatable bonds is 9. The first-order valence-electron chi connectivity index (χ1n) is 14.0. The quantitative estimate of drug-likeness (QED) is 0.143. The fraction of sp³-hybridized carbons (Fsp3) is 0.226. The summed E-state index contributed by atoms with van der Waals surface area (Å²) in [6.07, 6.45) is -3.09. The van der Waals surface area contributed by atoms with Crippen molar-refractivity contribution in [3.63, 3.8) is 0 Å². The molecule has 3 aromatic carbocycles. The van der Waals surface area contributed by atoms with Crippen molar-refractivity contribution in [1.82, 2.24) is 20.2 Å². The second-order valence-corrected chi connectivity index (χ2v) is 11.1. The van der Waals surface area contributed by atoms with Gasteiger partial charge in [-0.05, 0) is 54.6 Å². The molecule has 10 nitrogen and oxygen atoms in total. The van der Waals surface area contributed by atoms with E-state index in [2.05, 4.69) is 31.0 Å². The zero-order chi connectivity index (χ0) is 31.8. The first-order chi connectivity index (χ1) is 21.6. The Kier molecular flexibility index (Phi) is 10.1. The summed E-state index contributed by atoms with van der Waals surface area (Å²) in [6, 6.07) is 17.5. The number of alkyl halides is 3. The predicted octanol–water partition coefficient (Wildman–Crippen LogP) is 5.45. The Bertz CT molecular complexity index is 1650. The van der Waals surface area contributed by atoms with Gasteiger partial charge in [-0.15, -0.1) is 11.3 Å². The molecule has 0 spiro atoms. The summed E-state index contributed by atoms with van der Waals surface area (Å²) in [6.45, 7) is 3.92. The summed E-state index contributed by atoms with van der Waals surface area (Å²) in [4.78, 5) is 33.7. The molecule has 0 atom stereocenters. The number of hydrogen-bond donors (Lipinski definition) is 4. The molecule has 4 aromatic rings. The van der Waals surface area contributed by atoms with E-state index < -0.39 is 17.8 Å². The van der Waals surface area contributed by atoms with Gasteiger partial charge in [0, 0.05) is 60.6 Å². The van der Waals surface area contributed by atoms with E-state index in [1.807, 2.05) is 17.5 Å². The van der Waals surface area contributed by atoms with Gasteiger partial charge in [0.1, 0.15) is 10.8 Å². The lowest BCUT2D eigenvalue weighted by molar-refractivity contribution is -0.137. The number of carbonyl (C=O) groups is 2. The van der Waals surface area contributed by atoms with Crippen molar-refractivity contribution in [2.24, 2.45) is 5.10 Å². The zero-order valence-electron chi connectivity index (χ0n) is 23.9. The number of nitrogens with zero attached hydrogens (tertiary/aromatic N) is 4. The van der Waals surface area contributed by atoms with E-state index in [1.165, 1.54) is 29.7 Å². The molecule has 14 heteroatoms. The van der Waals surface area contributed by atoms with Crippen molar-refractivity contribution >= 4 is 40.9 Å². The minimum absolute atomic E-state index is 0.0352. The van der Waals surface area contributed by atoms with Gasteiger partial charge in [0.2, 0.25) is 0 Å². The van der Waals surface area contributed by atoms with E-state index >= 15 is 0 Å². The number of phenolic OH excluding ortho intramolecular Hbond substituents is 1. The van der Waals surface area contributed by atoms with Crippen molar-refractivity contribution in [3.05, 3.63) is 95.0 Å². The van der Waals surface area contributed by atoms with Gasteiger partial charge in [0.05, 0.1) is 24.0 Å². The summed E-state index contributed by atoms with van der Waals surface area (Å²) in [5, 5.41) is 21.6. The maximum absolute atomic E-state index is 12.9. The van der Waals surface area contributed by atoms with E-state index in [4.69, 9.17) is 4.98 Å². The van der Waals surface area contributed by atoms with Crippen LogP contribution in [0.25, 0.3) is 10.6 Å². The predicted molar refractivity (Wildman–Crippen MR) is 167 cm³/mol. The second kappa shape index (κ2) is 14.3. The van der Waals surface area contributed by atoms with Gasteiger partial charge in [-0.1, -0.05) is 18.2 Å². The van der Waals surface area contributed by atoms with Gasteiger partial charge in [0.15, 0.2) is 0 Å². The van der Waals surface area contributed by atoms with Crippen LogP contribution in [0.1, 0.15) is 16.8 Å². The summed E-state index contributed by atoms with van der Waals surface area (Å²) >= 11 is 1.51. The molecule has 5 rings (SSSR count). The van der Waals surface area contributed by atoms with Crippen LogP contribution < -0.4 is 16.1 Å². The number of nitrogens with one attached hydrogen (secondary N) is 3. The molecule has 0 radical (unpaired) electrons. The second-order valence-electron chi connectivity index (χ2n) is 10.3. The molecule has 45 heavy (non-hydrogen) atoms. The largest absolute Gasteiger partial charge is 0.507 e. The maximum Gasteiger partial charge on any atom is 0.416 e. The number of hydrogen-bond acceptors (Lipinski definition) is 8. The highest BCUT2D eigenvalue weighted by Crippen LogP contribution is 2.31. The highest BCUT2D eigenvalue weighted by Gasteiger charge is 2.30. The minimum atomic E-state index is -4.50. The summed E-state index contributed by atoms with van der Waals surface area (Å²) in [7, 11) is 0. The first-order valence-corrected chi connectivity index (χ1v) is 14.8. The van der Waals surface area contributed by atoms with Crippen LogP contribution in [-0.2, 0) is 17.5 Å². The molecular formula is C31H30F3N7O3S. The zero-order valence-corrected chi connectivity index (χ0v) is 24.7. The van der Waals surface area contributed by atoms with Crippen LogP contribution in [0.2, 0.25) is 0 Å². The van der Waals surface area contributed by atoms with Crippen LogP contribution in [0, 0.1) is 0 Å². The third-order valence-corrected chi connectivity index (χ3v) is 7.88. The number of hydrazone groups is 1. The number of thiazole rings is 1. The van der Waals surface area contributed by atoms with Crippen LogP contribution in [0.15, 0.2) is 83.3 Å². The minimum Gasteiger partial charge on any atom is -0.507 e. The summed E-state index contributed by atoms with van der Waals surface area (Å²) < 4.78 is 38.8. The molecule has 1 aliphatic heterocycles. The summed E-state index contributed by atoms with van der Waals surface area (Å²) in [5.41, 5.74) is 4.50. The molecule has 3 amide bonds. The lowest BCUT2D eigenvalue weighted by atomic mass is 10.2. The smallest absolute Gasteiger partial charge is 0.416 e. The molecule has 0 saturated carbocycles. The number of para-hydroxylation sites is 1. The number of carbonyl (C=O) groups excluding carboxylic acids is 2. The van der Waals surface area contributed by atoms with E-state index in [0.717, 1.165) is 54.6 Å². The number of benzene rings is 3. The number of piperazine rings is 1. The van der Waals surface area contributed by atoms with E-state index in [-0.39, 0.29) is 23.9 Å². The molecule has 1 aliphatic rings. The Hall–Kier alpha value is -4.79. The van der Waals surface area contributed by atoms with Crippen molar-refractivity contribution in [2.45, 2.75) is 12.7 Å². The van der Waals surface area contributed by atoms with Gasteiger partial charge in [-0.2, -0.15) is 18.3 Å². The van der Waals surface area contributed by atoms with Crippen LogP contribution >= 0.6 is 11.3 Å². The van der Waals surface area contributed by atoms with Crippen molar-refractivity contribution < 1.29 is 27.9 Å². The SMILES string of the molecule is O=C(CN1CCN(Cc2csc(-c3ccc(NC(=O)Nc4cccc(C(F)(F)F)c4)cc3)n2)CC1)N/N=C/c1ccccc1O.